The molecule has 1 aliphatic heterocycles. The van der Waals surface area contributed by atoms with E-state index in [0.717, 1.165) is 18.4 Å². The van der Waals surface area contributed by atoms with Crippen LogP contribution in [0.15, 0.2) is 59.5 Å². The number of sulfonamides is 1. The molecule has 0 saturated carbocycles. The van der Waals surface area contributed by atoms with Crippen molar-refractivity contribution in [1.29, 1.82) is 0 Å². The molecule has 3 rings (SSSR count). The number of anilines is 1. The van der Waals surface area contributed by atoms with Gasteiger partial charge in [0.1, 0.15) is 0 Å². The molecular weight excluding hydrogens is 490 g/mol. The van der Waals surface area contributed by atoms with Gasteiger partial charge in [0, 0.05) is 31.7 Å². The molecule has 188 valence electrons. The molecule has 0 radical (unpaired) electrons. The summed E-state index contributed by atoms with van der Waals surface area (Å²) in [4.78, 5) is 24.0. The number of amides is 1. The van der Waals surface area contributed by atoms with Crippen molar-refractivity contribution in [3.8, 4) is 0 Å². The van der Waals surface area contributed by atoms with Crippen LogP contribution in [0.4, 0.5) is 5.69 Å². The predicted octanol–water partition coefficient (Wildman–Crippen LogP) is 2.52. The first-order valence-electron chi connectivity index (χ1n) is 11.3. The number of rotatable bonds is 11. The van der Waals surface area contributed by atoms with Crippen molar-refractivity contribution in [2.24, 2.45) is 0 Å². The minimum absolute atomic E-state index is 0.0413. The molecule has 1 saturated heterocycles. The average molecular weight is 520 g/mol. The first-order valence-corrected chi connectivity index (χ1v) is 13.2. The zero-order chi connectivity index (χ0) is 25.1. The quantitative estimate of drug-likeness (QED) is 0.306. The Hall–Kier alpha value is -2.86. The molecule has 1 atom stereocenters. The zero-order valence-electron chi connectivity index (χ0n) is 19.2. The second-order valence-corrected chi connectivity index (χ2v) is 10.1. The van der Waals surface area contributed by atoms with E-state index < -0.39 is 21.9 Å². The topological polar surface area (TPSA) is 123 Å². The van der Waals surface area contributed by atoms with Crippen LogP contribution in [-0.2, 0) is 35.5 Å². The molecule has 11 heteroatoms. The third-order valence-electron chi connectivity index (χ3n) is 5.25. The maximum absolute atomic E-state index is 12.4. The summed E-state index contributed by atoms with van der Waals surface area (Å²) in [6.07, 6.45) is 2.15. The maximum atomic E-state index is 12.4. The van der Waals surface area contributed by atoms with Gasteiger partial charge in [-0.1, -0.05) is 30.3 Å². The van der Waals surface area contributed by atoms with Crippen LogP contribution in [-0.4, -0.2) is 51.3 Å². The Morgan fingerprint density at radius 2 is 1.80 bits per heavy atom. The number of carbonyl (C=O) groups is 2. The van der Waals surface area contributed by atoms with E-state index in [0.29, 0.717) is 18.7 Å². The molecule has 35 heavy (non-hydrogen) atoms. The van der Waals surface area contributed by atoms with Crippen LogP contribution in [0.3, 0.4) is 0 Å². The predicted molar refractivity (Wildman–Crippen MR) is 135 cm³/mol. The van der Waals surface area contributed by atoms with Gasteiger partial charge in [-0.3, -0.25) is 9.59 Å². The van der Waals surface area contributed by atoms with Crippen molar-refractivity contribution in [3.63, 3.8) is 0 Å². The average Bonchev–Trinajstić information content (AvgIpc) is 3.36. The Morgan fingerprint density at radius 3 is 2.49 bits per heavy atom. The number of thiocarbonyl (C=S) groups is 1. The van der Waals surface area contributed by atoms with Crippen LogP contribution in [0.5, 0.6) is 0 Å². The summed E-state index contributed by atoms with van der Waals surface area (Å²) in [5.74, 6) is -0.889. The van der Waals surface area contributed by atoms with Gasteiger partial charge in [-0.25, -0.2) is 13.1 Å². The molecule has 1 unspecified atom stereocenters. The first kappa shape index (κ1) is 26.7. The maximum Gasteiger partial charge on any atom is 0.306 e. The summed E-state index contributed by atoms with van der Waals surface area (Å²) >= 11 is 5.12. The van der Waals surface area contributed by atoms with Gasteiger partial charge in [0.25, 0.3) is 0 Å². The van der Waals surface area contributed by atoms with Crippen LogP contribution in [0.1, 0.15) is 31.2 Å². The van der Waals surface area contributed by atoms with Gasteiger partial charge in [-0.2, -0.15) is 0 Å². The summed E-state index contributed by atoms with van der Waals surface area (Å²) < 4.78 is 38.0. The molecule has 2 aromatic carbocycles. The fraction of sp³-hybridized carbons (Fsp3) is 0.375. The Labute approximate surface area is 210 Å². The standard InChI is InChI=1S/C24H29N3O6S2/c28-22(12-13-23(29)33-16-14-18-5-2-1-3-6-18)27-24(34)26-19-8-10-21(11-9-19)35(30,31)25-17-20-7-4-15-32-20/h1-3,5-6,8-11,20,25H,4,7,12-17H2,(H2,26,27,28,34). The lowest BCUT2D eigenvalue weighted by Crippen LogP contribution is -2.34. The monoisotopic (exact) mass is 519 g/mol. The van der Waals surface area contributed by atoms with Crippen molar-refractivity contribution >= 4 is 44.9 Å². The van der Waals surface area contributed by atoms with E-state index in [1.165, 1.54) is 12.1 Å². The van der Waals surface area contributed by atoms with Crippen molar-refractivity contribution < 1.29 is 27.5 Å². The van der Waals surface area contributed by atoms with Crippen molar-refractivity contribution in [2.45, 2.75) is 43.1 Å². The van der Waals surface area contributed by atoms with Crippen molar-refractivity contribution in [2.75, 3.05) is 25.1 Å². The largest absolute Gasteiger partial charge is 0.465 e. The van der Waals surface area contributed by atoms with E-state index in [1.54, 1.807) is 12.1 Å². The second kappa shape index (κ2) is 13.3. The number of nitrogens with one attached hydrogen (secondary N) is 3. The van der Waals surface area contributed by atoms with E-state index in [9.17, 15) is 18.0 Å². The highest BCUT2D eigenvalue weighted by molar-refractivity contribution is 7.89. The second-order valence-electron chi connectivity index (χ2n) is 7.97. The summed E-state index contributed by atoms with van der Waals surface area (Å²) in [6, 6.07) is 15.6. The van der Waals surface area contributed by atoms with E-state index >= 15 is 0 Å². The number of benzene rings is 2. The Balaban J connectivity index is 1.35. The van der Waals surface area contributed by atoms with E-state index in [4.69, 9.17) is 21.7 Å². The minimum Gasteiger partial charge on any atom is -0.465 e. The molecule has 0 bridgehead atoms. The third kappa shape index (κ3) is 9.36. The van der Waals surface area contributed by atoms with Crippen LogP contribution in [0, 0.1) is 0 Å². The number of hydrogen-bond acceptors (Lipinski definition) is 7. The normalized spacial score (nSPS) is 15.4. The van der Waals surface area contributed by atoms with Crippen LogP contribution < -0.4 is 15.4 Å². The van der Waals surface area contributed by atoms with E-state index in [-0.39, 0.29) is 42.1 Å². The van der Waals surface area contributed by atoms with Crippen LogP contribution in [0.2, 0.25) is 0 Å². The fourth-order valence-electron chi connectivity index (χ4n) is 3.38. The number of esters is 1. The summed E-state index contributed by atoms with van der Waals surface area (Å²) in [7, 11) is -3.65. The van der Waals surface area contributed by atoms with Crippen molar-refractivity contribution in [1.82, 2.24) is 10.0 Å². The fourth-order valence-corrected chi connectivity index (χ4v) is 4.67. The Bertz CT molecular complexity index is 1100. The summed E-state index contributed by atoms with van der Waals surface area (Å²) in [5.41, 5.74) is 1.57. The highest BCUT2D eigenvalue weighted by Gasteiger charge is 2.20. The van der Waals surface area contributed by atoms with Gasteiger partial charge in [-0.05, 0) is 54.9 Å². The van der Waals surface area contributed by atoms with E-state index in [2.05, 4.69) is 15.4 Å². The molecule has 3 N–H and O–H groups in total. The highest BCUT2D eigenvalue weighted by atomic mass is 32.2. The minimum atomic E-state index is -3.65. The number of hydrogen-bond donors (Lipinski definition) is 3. The zero-order valence-corrected chi connectivity index (χ0v) is 20.8. The Kier molecular flexibility index (Phi) is 10.2. The first-order chi connectivity index (χ1) is 16.8. The highest BCUT2D eigenvalue weighted by Crippen LogP contribution is 2.16. The number of carbonyl (C=O) groups excluding carboxylic acids is 2. The third-order valence-corrected chi connectivity index (χ3v) is 6.90. The lowest BCUT2D eigenvalue weighted by molar-refractivity contribution is -0.144. The molecule has 1 aliphatic rings. The molecule has 1 heterocycles. The molecular formula is C24H29N3O6S2. The van der Waals surface area contributed by atoms with Gasteiger partial charge in [0.2, 0.25) is 15.9 Å². The molecule has 2 aromatic rings. The lowest BCUT2D eigenvalue weighted by atomic mass is 10.2. The molecule has 0 aromatic heterocycles. The van der Waals surface area contributed by atoms with Gasteiger partial charge < -0.3 is 20.1 Å². The molecule has 9 nitrogen and oxygen atoms in total. The van der Waals surface area contributed by atoms with Gasteiger partial charge in [0.15, 0.2) is 5.11 Å². The summed E-state index contributed by atoms with van der Waals surface area (Å²) in [6.45, 7) is 1.14. The van der Waals surface area contributed by atoms with Crippen LogP contribution in [0.25, 0.3) is 0 Å². The molecule has 1 fully saturated rings. The molecule has 0 aliphatic carbocycles. The smallest absolute Gasteiger partial charge is 0.306 e. The Morgan fingerprint density at radius 1 is 1.06 bits per heavy atom. The molecule has 1 amide bonds. The SMILES string of the molecule is O=C(CCC(=O)OCCc1ccccc1)NC(=S)Nc1ccc(S(=O)(=O)NCC2CCCO2)cc1. The van der Waals surface area contributed by atoms with E-state index in [1.807, 2.05) is 30.3 Å². The molecule has 0 spiro atoms. The van der Waals surface area contributed by atoms with Gasteiger partial charge in [-0.15, -0.1) is 0 Å². The van der Waals surface area contributed by atoms with Gasteiger partial charge in [0.05, 0.1) is 24.0 Å². The lowest BCUT2D eigenvalue weighted by Gasteiger charge is -2.12. The van der Waals surface area contributed by atoms with Crippen molar-refractivity contribution in [3.05, 3.63) is 60.2 Å². The van der Waals surface area contributed by atoms with Gasteiger partial charge >= 0.3 is 5.97 Å². The summed E-state index contributed by atoms with van der Waals surface area (Å²) in [5, 5.41) is 5.35. The number of ether oxygens (including phenoxy) is 2. The van der Waals surface area contributed by atoms with Crippen LogP contribution >= 0.6 is 12.2 Å².